The summed E-state index contributed by atoms with van der Waals surface area (Å²) in [6.45, 7) is 4.48. The van der Waals surface area contributed by atoms with Gasteiger partial charge in [0.1, 0.15) is 6.10 Å². The van der Waals surface area contributed by atoms with E-state index in [1.807, 2.05) is 0 Å². The van der Waals surface area contributed by atoms with Crippen molar-refractivity contribution in [2.24, 2.45) is 5.92 Å². The highest BCUT2D eigenvalue weighted by Crippen LogP contribution is 2.33. The highest BCUT2D eigenvalue weighted by atomic mass is 16.5. The Morgan fingerprint density at radius 2 is 1.44 bits per heavy atom. The van der Waals surface area contributed by atoms with E-state index in [0.717, 1.165) is 32.1 Å². The quantitative estimate of drug-likeness (QED) is 0.264. The molecule has 152 valence electrons. The minimum absolute atomic E-state index is 0.0268. The highest BCUT2D eigenvalue weighted by molar-refractivity contribution is 5.73. The Bertz CT molecular complexity index is 520. The monoisotopic (exact) mass is 372 g/mol. The molecular weight excluding hydrogens is 332 g/mol. The predicted molar refractivity (Wildman–Crippen MR) is 114 cm³/mol. The molecule has 2 unspecified atom stereocenters. The van der Waals surface area contributed by atoms with Crippen LogP contribution in [0.25, 0.3) is 0 Å². The van der Waals surface area contributed by atoms with Crippen molar-refractivity contribution in [3.8, 4) is 0 Å². The van der Waals surface area contributed by atoms with Crippen LogP contribution < -0.4 is 0 Å². The van der Waals surface area contributed by atoms with Crippen LogP contribution in [0.4, 0.5) is 0 Å². The normalized spacial score (nSPS) is 19.9. The van der Waals surface area contributed by atoms with Crippen LogP contribution in [-0.4, -0.2) is 5.97 Å². The topological polar surface area (TPSA) is 26.3 Å². The molecule has 0 N–H and O–H groups in total. The molecule has 2 atom stereocenters. The number of rotatable bonds is 13. The van der Waals surface area contributed by atoms with Gasteiger partial charge in [-0.1, -0.05) is 95.9 Å². The van der Waals surface area contributed by atoms with Crippen molar-refractivity contribution in [2.75, 3.05) is 0 Å². The zero-order chi connectivity index (χ0) is 19.3. The lowest BCUT2D eigenvalue weighted by Crippen LogP contribution is -2.26. The third kappa shape index (κ3) is 8.07. The molecule has 2 nitrogen and oxygen atoms in total. The number of carbonyl (C=O) groups is 1. The number of hydrogen-bond donors (Lipinski definition) is 0. The van der Waals surface area contributed by atoms with Gasteiger partial charge >= 0.3 is 5.97 Å². The molecule has 1 aliphatic rings. The zero-order valence-corrected chi connectivity index (χ0v) is 17.7. The molecule has 0 radical (unpaired) electrons. The summed E-state index contributed by atoms with van der Waals surface area (Å²) in [5.41, 5.74) is 2.57. The second kappa shape index (κ2) is 13.0. The lowest BCUT2D eigenvalue weighted by atomic mass is 9.90. The third-order valence-electron chi connectivity index (χ3n) is 5.95. The van der Waals surface area contributed by atoms with Gasteiger partial charge in [0.2, 0.25) is 0 Å². The number of hydrogen-bond acceptors (Lipinski definition) is 2. The summed E-state index contributed by atoms with van der Waals surface area (Å²) in [5.74, 6) is 0.156. The molecule has 2 rings (SSSR count). The standard InChI is InChI=1S/C25H40O2/c1-3-5-7-9-10-11-13-21-15-17-22(18-16-21)24-20-19-23(25(26)27-24)14-12-8-6-4-2/h15-18,23-24H,3-14,19-20H2,1-2H3. The van der Waals surface area contributed by atoms with Crippen molar-refractivity contribution in [3.63, 3.8) is 0 Å². The van der Waals surface area contributed by atoms with Crippen molar-refractivity contribution < 1.29 is 9.53 Å². The number of esters is 1. The van der Waals surface area contributed by atoms with Gasteiger partial charge < -0.3 is 4.74 Å². The summed E-state index contributed by atoms with van der Waals surface area (Å²) in [4.78, 5) is 12.3. The van der Waals surface area contributed by atoms with Crippen molar-refractivity contribution in [2.45, 2.75) is 110 Å². The molecule has 1 fully saturated rings. The van der Waals surface area contributed by atoms with Crippen LogP contribution in [0.3, 0.4) is 0 Å². The fraction of sp³-hybridized carbons (Fsp3) is 0.720. The van der Waals surface area contributed by atoms with E-state index < -0.39 is 0 Å². The maximum Gasteiger partial charge on any atom is 0.309 e. The average molecular weight is 373 g/mol. The molecule has 1 aromatic rings. The number of ether oxygens (including phenoxy) is 1. The second-order valence-electron chi connectivity index (χ2n) is 8.31. The summed E-state index contributed by atoms with van der Waals surface area (Å²) >= 11 is 0. The summed E-state index contributed by atoms with van der Waals surface area (Å²) in [6, 6.07) is 8.80. The molecule has 0 aromatic heterocycles. The first-order chi connectivity index (χ1) is 13.2. The second-order valence-corrected chi connectivity index (χ2v) is 8.31. The fourth-order valence-corrected chi connectivity index (χ4v) is 4.09. The number of unbranched alkanes of at least 4 members (excludes halogenated alkanes) is 8. The van der Waals surface area contributed by atoms with E-state index in [0.29, 0.717) is 0 Å². The number of carbonyl (C=O) groups excluding carboxylic acids is 1. The summed E-state index contributed by atoms with van der Waals surface area (Å²) in [5, 5.41) is 0. The van der Waals surface area contributed by atoms with E-state index >= 15 is 0 Å². The molecular formula is C25H40O2. The Morgan fingerprint density at radius 1 is 0.815 bits per heavy atom. The Kier molecular flexibility index (Phi) is 10.6. The van der Waals surface area contributed by atoms with Crippen LogP contribution in [0.2, 0.25) is 0 Å². The SMILES string of the molecule is CCCCCCCCc1ccc(C2CCC(CCCCCC)C(=O)O2)cc1. The minimum atomic E-state index is -0.0347. The van der Waals surface area contributed by atoms with Crippen LogP contribution in [-0.2, 0) is 16.0 Å². The molecule has 1 aromatic carbocycles. The molecule has 1 aliphatic heterocycles. The number of benzene rings is 1. The Balaban J connectivity index is 1.70. The van der Waals surface area contributed by atoms with Crippen LogP contribution in [0.15, 0.2) is 24.3 Å². The van der Waals surface area contributed by atoms with Gasteiger partial charge in [-0.2, -0.15) is 0 Å². The summed E-state index contributed by atoms with van der Waals surface area (Å²) < 4.78 is 5.78. The average Bonchev–Trinajstić information content (AvgIpc) is 2.69. The first-order valence-electron chi connectivity index (χ1n) is 11.5. The van der Waals surface area contributed by atoms with E-state index in [2.05, 4.69) is 38.1 Å². The summed E-state index contributed by atoms with van der Waals surface area (Å²) in [7, 11) is 0. The smallest absolute Gasteiger partial charge is 0.309 e. The molecule has 0 bridgehead atoms. The highest BCUT2D eigenvalue weighted by Gasteiger charge is 2.30. The molecule has 27 heavy (non-hydrogen) atoms. The fourth-order valence-electron chi connectivity index (χ4n) is 4.09. The molecule has 1 saturated heterocycles. The predicted octanol–water partition coefficient (Wildman–Crippen LogP) is 7.55. The van der Waals surface area contributed by atoms with Gasteiger partial charge in [-0.15, -0.1) is 0 Å². The van der Waals surface area contributed by atoms with Gasteiger partial charge in [-0.25, -0.2) is 0 Å². The maximum absolute atomic E-state index is 12.3. The number of cyclic esters (lactones) is 1. The van der Waals surface area contributed by atoms with E-state index in [-0.39, 0.29) is 18.0 Å². The zero-order valence-electron chi connectivity index (χ0n) is 17.7. The van der Waals surface area contributed by atoms with Gasteiger partial charge in [0.25, 0.3) is 0 Å². The van der Waals surface area contributed by atoms with Crippen molar-refractivity contribution in [3.05, 3.63) is 35.4 Å². The Hall–Kier alpha value is -1.31. The minimum Gasteiger partial charge on any atom is -0.457 e. The summed E-state index contributed by atoms with van der Waals surface area (Å²) in [6.07, 6.45) is 17.0. The van der Waals surface area contributed by atoms with E-state index in [9.17, 15) is 4.79 Å². The van der Waals surface area contributed by atoms with Gasteiger partial charge in [0, 0.05) is 0 Å². The first kappa shape index (κ1) is 22.0. The van der Waals surface area contributed by atoms with E-state index in [1.165, 1.54) is 68.9 Å². The van der Waals surface area contributed by atoms with E-state index in [1.54, 1.807) is 0 Å². The lowest BCUT2D eigenvalue weighted by Gasteiger charge is -2.28. The molecule has 2 heteroatoms. The lowest BCUT2D eigenvalue weighted by molar-refractivity contribution is -0.161. The van der Waals surface area contributed by atoms with Crippen molar-refractivity contribution in [1.29, 1.82) is 0 Å². The largest absolute Gasteiger partial charge is 0.457 e. The molecule has 0 aliphatic carbocycles. The van der Waals surface area contributed by atoms with E-state index in [4.69, 9.17) is 4.74 Å². The van der Waals surface area contributed by atoms with Crippen LogP contribution in [0.5, 0.6) is 0 Å². The maximum atomic E-state index is 12.3. The molecule has 0 amide bonds. The van der Waals surface area contributed by atoms with Crippen LogP contribution >= 0.6 is 0 Å². The Labute approximate surface area is 167 Å². The van der Waals surface area contributed by atoms with Crippen LogP contribution in [0, 0.1) is 5.92 Å². The molecule has 1 heterocycles. The van der Waals surface area contributed by atoms with Crippen molar-refractivity contribution >= 4 is 5.97 Å². The van der Waals surface area contributed by atoms with Crippen LogP contribution in [0.1, 0.15) is 115 Å². The molecule has 0 spiro atoms. The van der Waals surface area contributed by atoms with Gasteiger partial charge in [-0.05, 0) is 43.2 Å². The molecule has 0 saturated carbocycles. The number of aryl methyl sites for hydroxylation is 1. The van der Waals surface area contributed by atoms with Gasteiger partial charge in [0.15, 0.2) is 0 Å². The third-order valence-corrected chi connectivity index (χ3v) is 5.95. The Morgan fingerprint density at radius 3 is 2.11 bits per heavy atom. The van der Waals surface area contributed by atoms with Gasteiger partial charge in [0.05, 0.1) is 5.92 Å². The van der Waals surface area contributed by atoms with Crippen molar-refractivity contribution in [1.82, 2.24) is 0 Å². The first-order valence-corrected chi connectivity index (χ1v) is 11.5. The van der Waals surface area contributed by atoms with Gasteiger partial charge in [-0.3, -0.25) is 4.79 Å².